The smallest absolute Gasteiger partial charge is 0.323 e. The first-order valence-electron chi connectivity index (χ1n) is 21.8. The molecule has 6 fully saturated rings. The number of ether oxygens (including phenoxy) is 4. The average Bonchev–Trinajstić information content (AvgIpc) is 4.05. The van der Waals surface area contributed by atoms with Crippen LogP contribution < -0.4 is 18.9 Å². The number of carbonyl (C=O) groups excluding carboxylic acids is 1. The minimum Gasteiger partial charge on any atom is -0.493 e. The zero-order chi connectivity index (χ0) is 39.0. The molecule has 0 N–H and O–H groups in total. The van der Waals surface area contributed by atoms with Crippen molar-refractivity contribution in [2.45, 2.75) is 102 Å². The van der Waals surface area contributed by atoms with Gasteiger partial charge in [0.2, 0.25) is 0 Å². The van der Waals surface area contributed by atoms with Gasteiger partial charge >= 0.3 is 6.03 Å². The van der Waals surface area contributed by atoms with E-state index in [2.05, 4.69) is 93.7 Å². The van der Waals surface area contributed by atoms with Gasteiger partial charge in [-0.3, -0.25) is 19.6 Å². The Hall–Kier alpha value is -3.25. The van der Waals surface area contributed by atoms with Crippen molar-refractivity contribution in [1.82, 2.24) is 29.4 Å². The van der Waals surface area contributed by atoms with Crippen LogP contribution >= 0.6 is 0 Å². The van der Waals surface area contributed by atoms with Crippen molar-refractivity contribution in [2.75, 3.05) is 93.8 Å². The van der Waals surface area contributed by atoms with E-state index in [-0.39, 0.29) is 18.2 Å². The third-order valence-electron chi connectivity index (χ3n) is 14.1. The minimum atomic E-state index is -0.695. The molecule has 11 heteroatoms. The highest BCUT2D eigenvalue weighted by Crippen LogP contribution is 2.47. The summed E-state index contributed by atoms with van der Waals surface area (Å²) in [6, 6.07) is 13.1. The van der Waals surface area contributed by atoms with Gasteiger partial charge in [-0.1, -0.05) is 26.0 Å². The van der Waals surface area contributed by atoms with E-state index in [4.69, 9.17) is 18.9 Å². The van der Waals surface area contributed by atoms with Crippen LogP contribution in [0.2, 0.25) is 0 Å². The molecular weight excluding hydrogens is 705 g/mol. The van der Waals surface area contributed by atoms with Crippen molar-refractivity contribution < 1.29 is 23.7 Å². The fourth-order valence-electron chi connectivity index (χ4n) is 11.0. The number of amides is 2. The average molecular weight is 773 g/mol. The molecule has 4 saturated heterocycles. The van der Waals surface area contributed by atoms with Crippen LogP contribution in [0.15, 0.2) is 36.4 Å². The number of benzene rings is 2. The first-order valence-corrected chi connectivity index (χ1v) is 21.8. The van der Waals surface area contributed by atoms with Gasteiger partial charge in [0.25, 0.3) is 0 Å². The predicted molar refractivity (Wildman–Crippen MR) is 220 cm³/mol. The Balaban J connectivity index is 1.26. The van der Waals surface area contributed by atoms with Crippen LogP contribution in [-0.4, -0.2) is 141 Å². The Morgan fingerprint density at radius 1 is 0.571 bits per heavy atom. The summed E-state index contributed by atoms with van der Waals surface area (Å²) in [4.78, 5) is 30.9. The highest BCUT2D eigenvalue weighted by Gasteiger charge is 2.57. The number of likely N-dealkylation sites (tertiary alicyclic amines) is 2. The molecule has 2 aromatic rings. The van der Waals surface area contributed by atoms with Gasteiger partial charge in [0.05, 0.1) is 26.4 Å². The second-order valence-electron chi connectivity index (χ2n) is 18.2. The lowest BCUT2D eigenvalue weighted by Gasteiger charge is -2.60. The van der Waals surface area contributed by atoms with Gasteiger partial charge in [-0.15, -0.1) is 0 Å². The fourth-order valence-corrected chi connectivity index (χ4v) is 11.0. The molecule has 56 heavy (non-hydrogen) atoms. The molecule has 0 bridgehead atoms. The van der Waals surface area contributed by atoms with E-state index >= 15 is 4.79 Å². The molecule has 2 saturated carbocycles. The Bertz CT molecular complexity index is 1560. The summed E-state index contributed by atoms with van der Waals surface area (Å²) in [7, 11) is 7.89. The third-order valence-corrected chi connectivity index (χ3v) is 14.1. The minimum absolute atomic E-state index is 0.105. The Kier molecular flexibility index (Phi) is 11.7. The van der Waals surface area contributed by atoms with Gasteiger partial charge in [0.15, 0.2) is 23.0 Å². The van der Waals surface area contributed by atoms with E-state index in [1.54, 1.807) is 14.2 Å². The van der Waals surface area contributed by atoms with Crippen LogP contribution in [0.3, 0.4) is 0 Å². The van der Waals surface area contributed by atoms with Crippen molar-refractivity contribution >= 4 is 6.03 Å². The van der Waals surface area contributed by atoms with Gasteiger partial charge < -0.3 is 28.7 Å². The SMILES string of the molecule is COc1ccc(C2(N3CCC(C)C3)CN(C)CCN2C(=O)N2CCN(C)CC2(c2ccc(OC)c(OC3CCCC3)c2)N2CCC(C)C2)cc1OC1CCCC1. The molecular formula is C45H68N6O5. The number of rotatable bonds is 10. The maximum atomic E-state index is 16.2. The Morgan fingerprint density at radius 2 is 0.982 bits per heavy atom. The lowest BCUT2D eigenvalue weighted by molar-refractivity contribution is -0.119. The summed E-state index contributed by atoms with van der Waals surface area (Å²) < 4.78 is 25.3. The van der Waals surface area contributed by atoms with Gasteiger partial charge in [-0.25, -0.2) is 4.79 Å². The van der Waals surface area contributed by atoms with E-state index in [1.165, 1.54) is 25.7 Å². The molecule has 11 nitrogen and oxygen atoms in total. The van der Waals surface area contributed by atoms with Crippen LogP contribution in [0, 0.1) is 11.8 Å². The highest BCUT2D eigenvalue weighted by atomic mass is 16.5. The molecule has 4 atom stereocenters. The summed E-state index contributed by atoms with van der Waals surface area (Å²) in [6.45, 7) is 12.7. The highest BCUT2D eigenvalue weighted by molar-refractivity contribution is 5.78. The molecule has 8 rings (SSSR count). The number of hydrogen-bond donors (Lipinski definition) is 0. The molecule has 4 unspecified atom stereocenters. The number of urea groups is 1. The number of likely N-dealkylation sites (N-methyl/N-ethyl adjacent to an activating group) is 2. The molecule has 6 aliphatic rings. The Labute approximate surface area is 336 Å². The van der Waals surface area contributed by atoms with E-state index < -0.39 is 11.3 Å². The van der Waals surface area contributed by atoms with Crippen molar-refractivity contribution in [3.05, 3.63) is 47.5 Å². The molecule has 0 spiro atoms. The summed E-state index contributed by atoms with van der Waals surface area (Å²) in [5, 5.41) is 0. The zero-order valence-corrected chi connectivity index (χ0v) is 35.1. The second kappa shape index (κ2) is 16.5. The predicted octanol–water partition coefficient (Wildman–Crippen LogP) is 6.65. The number of methoxy groups -OCH3 is 2. The largest absolute Gasteiger partial charge is 0.493 e. The molecule has 4 heterocycles. The number of carbonyl (C=O) groups is 1. The molecule has 2 aromatic carbocycles. The van der Waals surface area contributed by atoms with Crippen LogP contribution in [0.5, 0.6) is 23.0 Å². The maximum Gasteiger partial charge on any atom is 0.323 e. The van der Waals surface area contributed by atoms with Crippen LogP contribution in [0.25, 0.3) is 0 Å². The molecule has 0 aromatic heterocycles. The summed E-state index contributed by atoms with van der Waals surface area (Å²) >= 11 is 0. The Morgan fingerprint density at radius 3 is 1.34 bits per heavy atom. The maximum absolute atomic E-state index is 16.2. The van der Waals surface area contributed by atoms with Gasteiger partial charge in [-0.2, -0.15) is 0 Å². The second-order valence-corrected chi connectivity index (χ2v) is 18.2. The van der Waals surface area contributed by atoms with Gasteiger partial charge in [-0.05, 0) is 126 Å². The standard InChI is InChI=1S/C45H68N6O5/c1-33-19-21-48(29-33)44(35-15-17-39(53-5)41(27-35)55-37-11-7-8-12-37)31-46(3)23-25-50(44)43(52)51-26-24-47(4)32-45(51,49-22-20-34(2)30-49)36-16-18-40(54-6)42(28-36)56-38-13-9-10-14-38/h15-18,27-28,33-34,37-38H,7-14,19-26,29-32H2,1-6H3. The first-order chi connectivity index (χ1) is 27.1. The van der Waals surface area contributed by atoms with E-state index in [9.17, 15) is 0 Å². The molecule has 0 radical (unpaired) electrons. The van der Waals surface area contributed by atoms with Crippen LogP contribution in [0.4, 0.5) is 4.79 Å². The first kappa shape index (κ1) is 39.6. The summed E-state index contributed by atoms with van der Waals surface area (Å²) in [5.41, 5.74) is 0.816. The van der Waals surface area contributed by atoms with Gasteiger partial charge in [0.1, 0.15) is 11.3 Å². The van der Waals surface area contributed by atoms with Crippen molar-refractivity contribution in [2.24, 2.45) is 11.8 Å². The topological polar surface area (TPSA) is 73.4 Å². The normalized spacial score (nSPS) is 30.4. The fraction of sp³-hybridized carbons (Fsp3) is 0.711. The van der Waals surface area contributed by atoms with E-state index in [1.807, 2.05) is 0 Å². The number of piperazine rings is 2. The van der Waals surface area contributed by atoms with Crippen LogP contribution in [-0.2, 0) is 11.3 Å². The summed E-state index contributed by atoms with van der Waals surface area (Å²) in [6.07, 6.45) is 11.6. The zero-order valence-electron chi connectivity index (χ0n) is 35.1. The number of nitrogens with zero attached hydrogens (tertiary/aromatic N) is 6. The molecule has 2 aliphatic carbocycles. The van der Waals surface area contributed by atoms with Crippen molar-refractivity contribution in [1.29, 1.82) is 0 Å². The van der Waals surface area contributed by atoms with Crippen molar-refractivity contribution in [3.8, 4) is 23.0 Å². The molecule has 4 aliphatic heterocycles. The van der Waals surface area contributed by atoms with Crippen molar-refractivity contribution in [3.63, 3.8) is 0 Å². The van der Waals surface area contributed by atoms with Gasteiger partial charge in [0, 0.05) is 65.4 Å². The quantitative estimate of drug-likeness (QED) is 0.264. The summed E-state index contributed by atoms with van der Waals surface area (Å²) in [5.74, 6) is 4.16. The van der Waals surface area contributed by atoms with Crippen LogP contribution in [0.1, 0.15) is 89.2 Å². The monoisotopic (exact) mass is 773 g/mol. The van der Waals surface area contributed by atoms with E-state index in [0.29, 0.717) is 38.0 Å². The lowest BCUT2D eigenvalue weighted by atomic mass is 9.90. The van der Waals surface area contributed by atoms with E-state index in [0.717, 1.165) is 112 Å². The number of hydrogen-bond acceptors (Lipinski definition) is 9. The molecule has 308 valence electrons. The lowest BCUT2D eigenvalue weighted by Crippen LogP contribution is -2.74. The molecule has 2 amide bonds. The third kappa shape index (κ3) is 7.35.